The van der Waals surface area contributed by atoms with E-state index in [-0.39, 0.29) is 11.3 Å². The van der Waals surface area contributed by atoms with Crippen LogP contribution in [-0.4, -0.2) is 23.1 Å². The molecule has 0 fully saturated rings. The molecule has 2 rings (SSSR count). The lowest BCUT2D eigenvalue weighted by molar-refractivity contribution is 0.102. The standard InChI is InChI=1S/C13H14N2O3S/c1-7-8(2)19-13(14-7)15-12(17)10-5-4-9(18-3)6-11(10)16/h4-6,16H,1-3H3,(H,14,15,17). The van der Waals surface area contributed by atoms with E-state index in [0.29, 0.717) is 10.9 Å². The van der Waals surface area contributed by atoms with Gasteiger partial charge in [-0.2, -0.15) is 0 Å². The van der Waals surface area contributed by atoms with Gasteiger partial charge in [-0.3, -0.25) is 10.1 Å². The summed E-state index contributed by atoms with van der Waals surface area (Å²) in [6.07, 6.45) is 0. The van der Waals surface area contributed by atoms with Crippen LogP contribution in [0.15, 0.2) is 18.2 Å². The van der Waals surface area contributed by atoms with Gasteiger partial charge in [-0.05, 0) is 26.0 Å². The summed E-state index contributed by atoms with van der Waals surface area (Å²) < 4.78 is 4.97. The second kappa shape index (κ2) is 5.27. The fourth-order valence-corrected chi connectivity index (χ4v) is 2.33. The second-order valence-corrected chi connectivity index (χ2v) is 5.20. The zero-order chi connectivity index (χ0) is 14.0. The van der Waals surface area contributed by atoms with Crippen molar-refractivity contribution in [1.29, 1.82) is 0 Å². The van der Waals surface area contributed by atoms with Gasteiger partial charge >= 0.3 is 0 Å². The van der Waals surface area contributed by atoms with Crippen LogP contribution < -0.4 is 10.1 Å². The highest BCUT2D eigenvalue weighted by atomic mass is 32.1. The Morgan fingerprint density at radius 2 is 2.16 bits per heavy atom. The van der Waals surface area contributed by atoms with Gasteiger partial charge in [0.2, 0.25) is 0 Å². The number of nitrogens with one attached hydrogen (secondary N) is 1. The third kappa shape index (κ3) is 2.85. The average Bonchev–Trinajstić information content (AvgIpc) is 2.67. The summed E-state index contributed by atoms with van der Waals surface area (Å²) in [6.45, 7) is 3.82. The van der Waals surface area contributed by atoms with Gasteiger partial charge in [-0.25, -0.2) is 4.98 Å². The number of phenolic OH excluding ortho intramolecular Hbond substituents is 1. The maximum absolute atomic E-state index is 12.0. The van der Waals surface area contributed by atoms with Crippen molar-refractivity contribution >= 4 is 22.4 Å². The van der Waals surface area contributed by atoms with Crippen LogP contribution in [0.4, 0.5) is 5.13 Å². The molecule has 6 heteroatoms. The Labute approximate surface area is 114 Å². The first kappa shape index (κ1) is 13.4. The van der Waals surface area contributed by atoms with Gasteiger partial charge < -0.3 is 9.84 Å². The van der Waals surface area contributed by atoms with Gasteiger partial charge in [0.1, 0.15) is 11.5 Å². The molecule has 2 aromatic rings. The van der Waals surface area contributed by atoms with Crippen LogP contribution in [0.1, 0.15) is 20.9 Å². The Bertz CT molecular complexity index is 603. The molecule has 1 aromatic heterocycles. The zero-order valence-corrected chi connectivity index (χ0v) is 11.7. The van der Waals surface area contributed by atoms with Crippen LogP contribution in [0.5, 0.6) is 11.5 Å². The van der Waals surface area contributed by atoms with Crippen molar-refractivity contribution in [1.82, 2.24) is 4.98 Å². The van der Waals surface area contributed by atoms with Gasteiger partial charge in [-0.1, -0.05) is 0 Å². The molecule has 100 valence electrons. The molecule has 0 aliphatic carbocycles. The molecule has 0 spiro atoms. The number of phenols is 1. The van der Waals surface area contributed by atoms with Crippen molar-refractivity contribution in [2.45, 2.75) is 13.8 Å². The Morgan fingerprint density at radius 3 is 2.68 bits per heavy atom. The third-order valence-electron chi connectivity index (χ3n) is 2.70. The van der Waals surface area contributed by atoms with E-state index in [0.717, 1.165) is 10.6 Å². The number of benzene rings is 1. The van der Waals surface area contributed by atoms with Crippen molar-refractivity contribution in [3.63, 3.8) is 0 Å². The summed E-state index contributed by atoms with van der Waals surface area (Å²) in [5, 5.41) is 13.0. The highest BCUT2D eigenvalue weighted by Gasteiger charge is 2.14. The van der Waals surface area contributed by atoms with Crippen molar-refractivity contribution < 1.29 is 14.6 Å². The molecule has 0 aliphatic heterocycles. The summed E-state index contributed by atoms with van der Waals surface area (Å²) in [7, 11) is 1.50. The molecule has 2 N–H and O–H groups in total. The smallest absolute Gasteiger partial charge is 0.261 e. The van der Waals surface area contributed by atoms with Crippen LogP contribution in [0.2, 0.25) is 0 Å². The minimum atomic E-state index is -0.395. The number of thiazole rings is 1. The Kier molecular flexibility index (Phi) is 3.71. The van der Waals surface area contributed by atoms with E-state index in [2.05, 4.69) is 10.3 Å². The number of methoxy groups -OCH3 is 1. The van der Waals surface area contributed by atoms with Crippen LogP contribution in [0.3, 0.4) is 0 Å². The van der Waals surface area contributed by atoms with Crippen molar-refractivity contribution in [2.75, 3.05) is 12.4 Å². The zero-order valence-electron chi connectivity index (χ0n) is 10.9. The monoisotopic (exact) mass is 278 g/mol. The van der Waals surface area contributed by atoms with Gasteiger partial charge in [0, 0.05) is 10.9 Å². The summed E-state index contributed by atoms with van der Waals surface area (Å²) in [4.78, 5) is 17.3. The number of amides is 1. The Hall–Kier alpha value is -2.08. The number of aromatic hydroxyl groups is 1. The number of hydrogen-bond acceptors (Lipinski definition) is 5. The Morgan fingerprint density at radius 1 is 1.42 bits per heavy atom. The molecule has 0 atom stereocenters. The van der Waals surface area contributed by atoms with E-state index < -0.39 is 5.91 Å². The summed E-state index contributed by atoms with van der Waals surface area (Å²) in [5.74, 6) is -0.0225. The predicted octanol–water partition coefficient (Wildman–Crippen LogP) is 2.73. The number of aryl methyl sites for hydroxylation is 2. The van der Waals surface area contributed by atoms with E-state index in [4.69, 9.17) is 4.74 Å². The number of carbonyl (C=O) groups excluding carboxylic acids is 1. The maximum Gasteiger partial charge on any atom is 0.261 e. The lowest BCUT2D eigenvalue weighted by Crippen LogP contribution is -2.11. The maximum atomic E-state index is 12.0. The molecule has 0 bridgehead atoms. The van der Waals surface area contributed by atoms with Crippen LogP contribution >= 0.6 is 11.3 Å². The molecular weight excluding hydrogens is 264 g/mol. The summed E-state index contributed by atoms with van der Waals surface area (Å²) >= 11 is 1.40. The van der Waals surface area contributed by atoms with E-state index in [1.54, 1.807) is 6.07 Å². The fourth-order valence-electron chi connectivity index (χ4n) is 1.52. The first-order valence-corrected chi connectivity index (χ1v) is 6.45. The summed E-state index contributed by atoms with van der Waals surface area (Å²) in [6, 6.07) is 4.52. The highest BCUT2D eigenvalue weighted by molar-refractivity contribution is 7.15. The number of ether oxygens (including phenoxy) is 1. The minimum Gasteiger partial charge on any atom is -0.507 e. The fraction of sp³-hybridized carbons (Fsp3) is 0.231. The normalized spacial score (nSPS) is 10.3. The summed E-state index contributed by atoms with van der Waals surface area (Å²) in [5.41, 5.74) is 1.07. The van der Waals surface area contributed by atoms with Gasteiger partial charge in [0.25, 0.3) is 5.91 Å². The number of aromatic nitrogens is 1. The average molecular weight is 278 g/mol. The van der Waals surface area contributed by atoms with Gasteiger partial charge in [-0.15, -0.1) is 11.3 Å². The van der Waals surface area contributed by atoms with E-state index >= 15 is 0 Å². The van der Waals surface area contributed by atoms with Crippen molar-refractivity contribution in [3.05, 3.63) is 34.3 Å². The Balaban J connectivity index is 2.20. The predicted molar refractivity (Wildman–Crippen MR) is 74.2 cm³/mol. The molecule has 0 radical (unpaired) electrons. The number of rotatable bonds is 3. The first-order valence-electron chi connectivity index (χ1n) is 5.63. The topological polar surface area (TPSA) is 71.5 Å². The molecule has 1 aromatic carbocycles. The van der Waals surface area contributed by atoms with Gasteiger partial charge in [0.15, 0.2) is 5.13 Å². The molecule has 0 aliphatic rings. The highest BCUT2D eigenvalue weighted by Crippen LogP contribution is 2.26. The molecule has 0 saturated carbocycles. The molecule has 0 unspecified atom stereocenters. The molecule has 1 heterocycles. The number of hydrogen-bond donors (Lipinski definition) is 2. The van der Waals surface area contributed by atoms with Crippen LogP contribution in [0.25, 0.3) is 0 Å². The second-order valence-electron chi connectivity index (χ2n) is 4.00. The van der Waals surface area contributed by atoms with Gasteiger partial charge in [0.05, 0.1) is 18.4 Å². The van der Waals surface area contributed by atoms with E-state index in [9.17, 15) is 9.90 Å². The molecule has 0 saturated heterocycles. The molecule has 19 heavy (non-hydrogen) atoms. The van der Waals surface area contributed by atoms with E-state index in [1.165, 1.54) is 30.6 Å². The number of carbonyl (C=O) groups is 1. The molecule has 5 nitrogen and oxygen atoms in total. The largest absolute Gasteiger partial charge is 0.507 e. The quantitative estimate of drug-likeness (QED) is 0.905. The third-order valence-corrected chi connectivity index (χ3v) is 3.69. The molecular formula is C13H14N2O3S. The van der Waals surface area contributed by atoms with Crippen molar-refractivity contribution in [2.24, 2.45) is 0 Å². The minimum absolute atomic E-state index is 0.123. The lowest BCUT2D eigenvalue weighted by atomic mass is 10.2. The molecule has 1 amide bonds. The SMILES string of the molecule is COc1ccc(C(=O)Nc2nc(C)c(C)s2)c(O)c1. The van der Waals surface area contributed by atoms with E-state index in [1.807, 2.05) is 13.8 Å². The van der Waals surface area contributed by atoms with Crippen LogP contribution in [-0.2, 0) is 0 Å². The number of anilines is 1. The first-order chi connectivity index (χ1) is 9.01. The van der Waals surface area contributed by atoms with Crippen molar-refractivity contribution in [3.8, 4) is 11.5 Å². The van der Waals surface area contributed by atoms with Crippen LogP contribution in [0, 0.1) is 13.8 Å². The number of nitrogens with zero attached hydrogens (tertiary/aromatic N) is 1. The lowest BCUT2D eigenvalue weighted by Gasteiger charge is -2.06.